The third-order valence-corrected chi connectivity index (χ3v) is 3.43. The van der Waals surface area contributed by atoms with Gasteiger partial charge in [-0.05, 0) is 24.2 Å². The molecule has 2 heterocycles. The third-order valence-electron chi connectivity index (χ3n) is 3.43. The molecule has 1 atom stereocenters. The van der Waals surface area contributed by atoms with Crippen LogP contribution in [-0.4, -0.2) is 29.7 Å². The van der Waals surface area contributed by atoms with Crippen LogP contribution < -0.4 is 14.8 Å². The number of hydrogen-bond acceptors (Lipinski definition) is 5. The number of ether oxygens (including phenoxy) is 2. The van der Waals surface area contributed by atoms with Gasteiger partial charge in [0.25, 0.3) is 0 Å². The minimum absolute atomic E-state index is 0.0494. The molecule has 1 aliphatic rings. The topological polar surface area (TPSA) is 56.3 Å². The Balaban J connectivity index is 1.94. The molecule has 0 bridgehead atoms. The summed E-state index contributed by atoms with van der Waals surface area (Å²) in [5.41, 5.74) is 2.16. The summed E-state index contributed by atoms with van der Waals surface area (Å²) in [5.74, 6) is 1.63. The van der Waals surface area contributed by atoms with Gasteiger partial charge in [-0.3, -0.25) is 0 Å². The maximum Gasteiger partial charge on any atom is 0.161 e. The number of benzene rings is 1. The Labute approximate surface area is 124 Å². The molecule has 1 unspecified atom stereocenters. The molecule has 3 rings (SSSR count). The molecule has 0 spiro atoms. The summed E-state index contributed by atoms with van der Waals surface area (Å²) < 4.78 is 11.4. The number of aromatic nitrogens is 2. The second-order valence-electron chi connectivity index (χ2n) is 4.92. The van der Waals surface area contributed by atoms with Crippen LogP contribution in [0.3, 0.4) is 0 Å². The Morgan fingerprint density at radius 2 is 1.86 bits per heavy atom. The quantitative estimate of drug-likeness (QED) is 0.934. The third kappa shape index (κ3) is 3.13. The van der Waals surface area contributed by atoms with E-state index in [0.717, 1.165) is 35.6 Å². The largest absolute Gasteiger partial charge is 0.490 e. The van der Waals surface area contributed by atoms with Crippen LogP contribution in [0, 0.1) is 0 Å². The zero-order valence-corrected chi connectivity index (χ0v) is 12.1. The van der Waals surface area contributed by atoms with E-state index in [-0.39, 0.29) is 6.04 Å². The molecule has 5 nitrogen and oxygen atoms in total. The number of fused-ring (bicyclic) bond motifs is 1. The van der Waals surface area contributed by atoms with Gasteiger partial charge in [0.15, 0.2) is 11.5 Å². The van der Waals surface area contributed by atoms with Crippen LogP contribution in [-0.2, 0) is 0 Å². The van der Waals surface area contributed by atoms with Crippen molar-refractivity contribution in [1.29, 1.82) is 0 Å². The van der Waals surface area contributed by atoms with Crippen LogP contribution in [0.2, 0.25) is 0 Å². The standard InChI is InChI=1S/C16H19N3O2/c1-2-19-16(13-9-17-11-18-10-13)12-4-5-14-15(8-12)21-7-3-6-20-14/h4-5,8-11,16,19H,2-3,6-7H2,1H3. The SMILES string of the molecule is CCNC(c1cncnc1)c1ccc2c(c1)OCCCO2. The van der Waals surface area contributed by atoms with E-state index in [1.165, 1.54) is 0 Å². The minimum atomic E-state index is 0.0494. The van der Waals surface area contributed by atoms with Crippen molar-refractivity contribution in [2.75, 3.05) is 19.8 Å². The van der Waals surface area contributed by atoms with Gasteiger partial charge in [-0.2, -0.15) is 0 Å². The molecule has 0 saturated heterocycles. The maximum atomic E-state index is 5.77. The fraction of sp³-hybridized carbons (Fsp3) is 0.375. The van der Waals surface area contributed by atoms with Crippen molar-refractivity contribution >= 4 is 0 Å². The molecular weight excluding hydrogens is 266 g/mol. The first-order valence-corrected chi connectivity index (χ1v) is 7.26. The zero-order valence-electron chi connectivity index (χ0n) is 12.1. The lowest BCUT2D eigenvalue weighted by Gasteiger charge is -2.19. The number of nitrogens with zero attached hydrogens (tertiary/aromatic N) is 2. The van der Waals surface area contributed by atoms with Gasteiger partial charge in [0.2, 0.25) is 0 Å². The van der Waals surface area contributed by atoms with E-state index in [4.69, 9.17) is 9.47 Å². The van der Waals surface area contributed by atoms with E-state index >= 15 is 0 Å². The van der Waals surface area contributed by atoms with Crippen LogP contribution in [0.25, 0.3) is 0 Å². The first-order valence-electron chi connectivity index (χ1n) is 7.26. The molecule has 0 radical (unpaired) electrons. The van der Waals surface area contributed by atoms with Crippen LogP contribution in [0.15, 0.2) is 36.9 Å². The molecule has 1 aliphatic heterocycles. The maximum absolute atomic E-state index is 5.77. The summed E-state index contributed by atoms with van der Waals surface area (Å²) in [5, 5.41) is 3.46. The summed E-state index contributed by atoms with van der Waals surface area (Å²) in [6.45, 7) is 4.33. The molecule has 0 saturated carbocycles. The first-order chi connectivity index (χ1) is 10.4. The highest BCUT2D eigenvalue weighted by molar-refractivity contribution is 5.45. The molecular formula is C16H19N3O2. The smallest absolute Gasteiger partial charge is 0.161 e. The lowest BCUT2D eigenvalue weighted by Crippen LogP contribution is -2.22. The predicted octanol–water partition coefficient (Wildman–Crippen LogP) is 2.34. The Morgan fingerprint density at radius 1 is 1.10 bits per heavy atom. The second-order valence-corrected chi connectivity index (χ2v) is 4.92. The highest BCUT2D eigenvalue weighted by atomic mass is 16.5. The Hall–Kier alpha value is -2.14. The molecule has 1 aromatic heterocycles. The Bertz CT molecular complexity index is 589. The Kier molecular flexibility index (Phi) is 4.31. The molecule has 21 heavy (non-hydrogen) atoms. The highest BCUT2D eigenvalue weighted by Gasteiger charge is 2.17. The van der Waals surface area contributed by atoms with E-state index in [1.807, 2.05) is 24.5 Å². The van der Waals surface area contributed by atoms with Crippen molar-refractivity contribution < 1.29 is 9.47 Å². The predicted molar refractivity (Wildman–Crippen MR) is 79.6 cm³/mol. The number of hydrogen-bond donors (Lipinski definition) is 1. The van der Waals surface area contributed by atoms with Gasteiger partial charge in [-0.15, -0.1) is 0 Å². The van der Waals surface area contributed by atoms with Gasteiger partial charge in [0, 0.05) is 24.4 Å². The van der Waals surface area contributed by atoms with Crippen molar-refractivity contribution in [3.8, 4) is 11.5 Å². The summed E-state index contributed by atoms with van der Waals surface area (Å²) in [6.07, 6.45) is 6.13. The molecule has 0 aliphatic carbocycles. The molecule has 0 amide bonds. The van der Waals surface area contributed by atoms with Crippen molar-refractivity contribution in [2.45, 2.75) is 19.4 Å². The number of rotatable bonds is 4. The number of nitrogens with one attached hydrogen (secondary N) is 1. The monoisotopic (exact) mass is 285 g/mol. The van der Waals surface area contributed by atoms with E-state index in [2.05, 4.69) is 28.3 Å². The minimum Gasteiger partial charge on any atom is -0.490 e. The molecule has 5 heteroatoms. The summed E-state index contributed by atoms with van der Waals surface area (Å²) in [7, 11) is 0. The lowest BCUT2D eigenvalue weighted by molar-refractivity contribution is 0.297. The van der Waals surface area contributed by atoms with Gasteiger partial charge in [0.1, 0.15) is 6.33 Å². The van der Waals surface area contributed by atoms with E-state index in [9.17, 15) is 0 Å². The zero-order chi connectivity index (χ0) is 14.5. The van der Waals surface area contributed by atoms with Gasteiger partial charge in [-0.25, -0.2) is 9.97 Å². The van der Waals surface area contributed by atoms with E-state index < -0.39 is 0 Å². The lowest BCUT2D eigenvalue weighted by atomic mass is 10.0. The van der Waals surface area contributed by atoms with Gasteiger partial charge in [0.05, 0.1) is 19.3 Å². The van der Waals surface area contributed by atoms with Crippen LogP contribution in [0.5, 0.6) is 11.5 Å². The molecule has 2 aromatic rings. The molecule has 1 N–H and O–H groups in total. The van der Waals surface area contributed by atoms with Crippen molar-refractivity contribution in [2.24, 2.45) is 0 Å². The van der Waals surface area contributed by atoms with Crippen molar-refractivity contribution in [3.05, 3.63) is 48.0 Å². The molecule has 1 aromatic carbocycles. The average Bonchev–Trinajstić information content (AvgIpc) is 2.78. The summed E-state index contributed by atoms with van der Waals surface area (Å²) >= 11 is 0. The second kappa shape index (κ2) is 6.54. The summed E-state index contributed by atoms with van der Waals surface area (Å²) in [4.78, 5) is 8.22. The fourth-order valence-corrected chi connectivity index (χ4v) is 2.45. The fourth-order valence-electron chi connectivity index (χ4n) is 2.45. The van der Waals surface area contributed by atoms with Gasteiger partial charge < -0.3 is 14.8 Å². The molecule has 110 valence electrons. The average molecular weight is 285 g/mol. The van der Waals surface area contributed by atoms with Crippen molar-refractivity contribution in [1.82, 2.24) is 15.3 Å². The summed E-state index contributed by atoms with van der Waals surface area (Å²) in [6, 6.07) is 6.13. The normalized spacial score (nSPS) is 15.3. The van der Waals surface area contributed by atoms with Crippen molar-refractivity contribution in [3.63, 3.8) is 0 Å². The van der Waals surface area contributed by atoms with Crippen LogP contribution >= 0.6 is 0 Å². The first kappa shape index (κ1) is 13.8. The van der Waals surface area contributed by atoms with Crippen LogP contribution in [0.1, 0.15) is 30.5 Å². The Morgan fingerprint density at radius 3 is 2.62 bits per heavy atom. The van der Waals surface area contributed by atoms with E-state index in [0.29, 0.717) is 13.2 Å². The highest BCUT2D eigenvalue weighted by Crippen LogP contribution is 2.33. The molecule has 0 fully saturated rings. The van der Waals surface area contributed by atoms with E-state index in [1.54, 1.807) is 6.33 Å². The van der Waals surface area contributed by atoms with Gasteiger partial charge >= 0.3 is 0 Å². The van der Waals surface area contributed by atoms with Crippen LogP contribution in [0.4, 0.5) is 0 Å². The van der Waals surface area contributed by atoms with Gasteiger partial charge in [-0.1, -0.05) is 13.0 Å².